The second-order valence-corrected chi connectivity index (χ2v) is 4.92. The Hall–Kier alpha value is -2.27. The zero-order chi connectivity index (χ0) is 14.7. The topological polar surface area (TPSA) is 55.6 Å². The zero-order valence-electron chi connectivity index (χ0n) is 12.3. The molecule has 1 unspecified atom stereocenters. The van der Waals surface area contributed by atoms with Crippen LogP contribution < -0.4 is 5.32 Å². The Morgan fingerprint density at radius 2 is 1.90 bits per heavy atom. The third kappa shape index (κ3) is 2.78. The van der Waals surface area contributed by atoms with Crippen molar-refractivity contribution < 1.29 is 0 Å². The molecule has 0 aliphatic carbocycles. The summed E-state index contributed by atoms with van der Waals surface area (Å²) in [5, 5.41) is 7.89. The van der Waals surface area contributed by atoms with E-state index in [0.717, 1.165) is 24.1 Å². The lowest BCUT2D eigenvalue weighted by atomic mass is 10.0. The van der Waals surface area contributed by atoms with Gasteiger partial charge in [0.25, 0.3) is 0 Å². The smallest absolute Gasteiger partial charge is 0.0890 e. The van der Waals surface area contributed by atoms with Gasteiger partial charge in [-0.3, -0.25) is 14.6 Å². The minimum Gasteiger partial charge on any atom is -0.306 e. The van der Waals surface area contributed by atoms with Crippen molar-refractivity contribution in [1.29, 1.82) is 0 Å². The molecule has 21 heavy (non-hydrogen) atoms. The maximum atomic E-state index is 4.39. The molecule has 0 fully saturated rings. The first-order valence-electron chi connectivity index (χ1n) is 7.28. The minimum absolute atomic E-state index is 0.127. The summed E-state index contributed by atoms with van der Waals surface area (Å²) < 4.78 is 1.94. The molecule has 2 aromatic heterocycles. The third-order valence-corrected chi connectivity index (χ3v) is 3.55. The van der Waals surface area contributed by atoms with Gasteiger partial charge in [-0.05, 0) is 31.2 Å². The normalized spacial score (nSPS) is 12.7. The number of benzene rings is 1. The first-order chi connectivity index (χ1) is 10.3. The lowest BCUT2D eigenvalue weighted by Crippen LogP contribution is -2.21. The molecule has 0 spiro atoms. The summed E-state index contributed by atoms with van der Waals surface area (Å²) in [5.74, 6) is 0. The van der Waals surface area contributed by atoms with Crippen molar-refractivity contribution in [1.82, 2.24) is 25.1 Å². The molecule has 1 N–H and O–H groups in total. The summed E-state index contributed by atoms with van der Waals surface area (Å²) in [4.78, 5) is 8.71. The van der Waals surface area contributed by atoms with Crippen molar-refractivity contribution in [2.45, 2.75) is 26.4 Å². The molecular weight excluding hydrogens is 262 g/mol. The van der Waals surface area contributed by atoms with Crippen LogP contribution in [-0.4, -0.2) is 26.3 Å². The molecule has 1 atom stereocenters. The summed E-state index contributed by atoms with van der Waals surface area (Å²) in [6, 6.07) is 6.35. The first kappa shape index (κ1) is 13.7. The van der Waals surface area contributed by atoms with E-state index in [1.54, 1.807) is 12.4 Å². The van der Waals surface area contributed by atoms with Gasteiger partial charge in [0, 0.05) is 30.7 Å². The van der Waals surface area contributed by atoms with Crippen LogP contribution in [0, 0.1) is 0 Å². The molecule has 0 amide bonds. The lowest BCUT2D eigenvalue weighted by Gasteiger charge is -2.17. The summed E-state index contributed by atoms with van der Waals surface area (Å²) in [6.45, 7) is 5.96. The van der Waals surface area contributed by atoms with Crippen LogP contribution in [0.2, 0.25) is 0 Å². The van der Waals surface area contributed by atoms with E-state index in [9.17, 15) is 0 Å². The number of hydrogen-bond acceptors (Lipinski definition) is 4. The summed E-state index contributed by atoms with van der Waals surface area (Å²) in [7, 11) is 0. The number of aryl methyl sites for hydroxylation is 1. The van der Waals surface area contributed by atoms with Crippen molar-refractivity contribution >= 4 is 11.0 Å². The highest BCUT2D eigenvalue weighted by molar-refractivity contribution is 5.74. The molecule has 5 nitrogen and oxygen atoms in total. The van der Waals surface area contributed by atoms with Crippen LogP contribution in [0.4, 0.5) is 0 Å². The number of nitrogens with zero attached hydrogens (tertiary/aromatic N) is 4. The number of nitrogens with one attached hydrogen (secondary N) is 1. The van der Waals surface area contributed by atoms with Gasteiger partial charge < -0.3 is 5.32 Å². The van der Waals surface area contributed by atoms with Crippen LogP contribution in [0.3, 0.4) is 0 Å². The molecule has 0 saturated heterocycles. The van der Waals surface area contributed by atoms with Crippen LogP contribution >= 0.6 is 0 Å². The van der Waals surface area contributed by atoms with Crippen molar-refractivity contribution in [2.75, 3.05) is 6.54 Å². The van der Waals surface area contributed by atoms with Gasteiger partial charge in [-0.2, -0.15) is 5.10 Å². The average molecular weight is 281 g/mol. The SMILES string of the molecule is CCNC(c1ccc2nccnc2c1)c1cnn(CC)c1. The maximum Gasteiger partial charge on any atom is 0.0890 e. The fraction of sp³-hybridized carbons (Fsp3) is 0.312. The molecule has 0 aliphatic rings. The lowest BCUT2D eigenvalue weighted by molar-refractivity contribution is 0.625. The van der Waals surface area contributed by atoms with Gasteiger partial charge >= 0.3 is 0 Å². The highest BCUT2D eigenvalue weighted by Gasteiger charge is 2.15. The van der Waals surface area contributed by atoms with E-state index < -0.39 is 0 Å². The van der Waals surface area contributed by atoms with E-state index in [1.807, 2.05) is 16.9 Å². The molecule has 0 saturated carbocycles. The van der Waals surface area contributed by atoms with E-state index in [0.29, 0.717) is 0 Å². The van der Waals surface area contributed by atoms with Gasteiger partial charge in [0.15, 0.2) is 0 Å². The summed E-state index contributed by atoms with van der Waals surface area (Å²) in [5.41, 5.74) is 4.18. The van der Waals surface area contributed by atoms with E-state index in [1.165, 1.54) is 11.1 Å². The number of rotatable bonds is 5. The molecule has 3 rings (SSSR count). The first-order valence-corrected chi connectivity index (χ1v) is 7.28. The van der Waals surface area contributed by atoms with Crippen molar-refractivity contribution in [3.05, 3.63) is 54.1 Å². The third-order valence-electron chi connectivity index (χ3n) is 3.55. The predicted molar refractivity (Wildman–Crippen MR) is 83.0 cm³/mol. The Balaban J connectivity index is 2.01. The Bertz CT molecular complexity index is 734. The summed E-state index contributed by atoms with van der Waals surface area (Å²) >= 11 is 0. The van der Waals surface area contributed by atoms with Crippen LogP contribution in [-0.2, 0) is 6.54 Å². The van der Waals surface area contributed by atoms with Gasteiger partial charge in [0.1, 0.15) is 0 Å². The molecule has 1 aromatic carbocycles. The monoisotopic (exact) mass is 281 g/mol. The Kier molecular flexibility index (Phi) is 3.92. The van der Waals surface area contributed by atoms with Crippen molar-refractivity contribution in [3.8, 4) is 0 Å². The van der Waals surface area contributed by atoms with E-state index in [-0.39, 0.29) is 6.04 Å². The molecule has 108 valence electrons. The zero-order valence-corrected chi connectivity index (χ0v) is 12.3. The fourth-order valence-electron chi connectivity index (χ4n) is 2.49. The number of aromatic nitrogens is 4. The molecule has 0 radical (unpaired) electrons. The van der Waals surface area contributed by atoms with Crippen LogP contribution in [0.1, 0.15) is 31.0 Å². The van der Waals surface area contributed by atoms with Crippen LogP contribution in [0.15, 0.2) is 43.0 Å². The van der Waals surface area contributed by atoms with Gasteiger partial charge in [-0.25, -0.2) is 0 Å². The number of fused-ring (bicyclic) bond motifs is 1. The molecular formula is C16H19N5. The standard InChI is InChI=1S/C16H19N5/c1-3-17-16(13-10-20-21(4-2)11-13)12-5-6-14-15(9-12)19-8-7-18-14/h5-11,16-17H,3-4H2,1-2H3. The van der Waals surface area contributed by atoms with E-state index >= 15 is 0 Å². The van der Waals surface area contributed by atoms with Gasteiger partial charge in [0.05, 0.1) is 23.3 Å². The van der Waals surface area contributed by atoms with Crippen LogP contribution in [0.5, 0.6) is 0 Å². The van der Waals surface area contributed by atoms with Gasteiger partial charge in [0.2, 0.25) is 0 Å². The maximum absolute atomic E-state index is 4.39. The van der Waals surface area contributed by atoms with Gasteiger partial charge in [-0.15, -0.1) is 0 Å². The molecule has 0 aliphatic heterocycles. The molecule has 0 bridgehead atoms. The highest BCUT2D eigenvalue weighted by atomic mass is 15.3. The van der Waals surface area contributed by atoms with E-state index in [4.69, 9.17) is 0 Å². The second-order valence-electron chi connectivity index (χ2n) is 4.92. The quantitative estimate of drug-likeness (QED) is 0.781. The minimum atomic E-state index is 0.127. The van der Waals surface area contributed by atoms with Gasteiger partial charge in [-0.1, -0.05) is 13.0 Å². The largest absolute Gasteiger partial charge is 0.306 e. The Morgan fingerprint density at radius 3 is 2.62 bits per heavy atom. The Morgan fingerprint density at radius 1 is 1.10 bits per heavy atom. The van der Waals surface area contributed by atoms with Crippen LogP contribution in [0.25, 0.3) is 11.0 Å². The van der Waals surface area contributed by atoms with Crippen molar-refractivity contribution in [3.63, 3.8) is 0 Å². The Labute approximate surface area is 124 Å². The summed E-state index contributed by atoms with van der Waals surface area (Å²) in [6.07, 6.45) is 7.46. The molecule has 5 heteroatoms. The molecule has 3 aromatic rings. The van der Waals surface area contributed by atoms with Crippen molar-refractivity contribution in [2.24, 2.45) is 0 Å². The van der Waals surface area contributed by atoms with E-state index in [2.05, 4.69) is 52.6 Å². The highest BCUT2D eigenvalue weighted by Crippen LogP contribution is 2.24. The fourth-order valence-corrected chi connectivity index (χ4v) is 2.49. The predicted octanol–water partition coefficient (Wildman–Crippen LogP) is 2.55. The second kappa shape index (κ2) is 6.01. The average Bonchev–Trinajstić information content (AvgIpc) is 3.01. The number of hydrogen-bond donors (Lipinski definition) is 1. The molecule has 2 heterocycles.